The van der Waals surface area contributed by atoms with E-state index >= 15 is 0 Å². The number of amides is 1. The number of thiophene rings is 1. The molecule has 1 amide bonds. The van der Waals surface area contributed by atoms with Crippen LogP contribution in [0.2, 0.25) is 0 Å². The number of methoxy groups -OCH3 is 1. The first-order valence-corrected chi connectivity index (χ1v) is 12.2. The number of halogens is 1. The highest BCUT2D eigenvalue weighted by molar-refractivity contribution is 9.10. The first kappa shape index (κ1) is 22.1. The van der Waals surface area contributed by atoms with Gasteiger partial charge in [0.1, 0.15) is 11.4 Å². The molecule has 3 aromatic carbocycles. The summed E-state index contributed by atoms with van der Waals surface area (Å²) in [6, 6.07) is 27.7. The zero-order valence-electron chi connectivity index (χ0n) is 18.2. The van der Waals surface area contributed by atoms with Gasteiger partial charge >= 0.3 is 0 Å². The maximum absolute atomic E-state index is 13.1. The first-order valence-electron chi connectivity index (χ1n) is 10.6. The number of carbonyl (C=O) groups is 1. The summed E-state index contributed by atoms with van der Waals surface area (Å²) in [6.07, 6.45) is 1.66. The third-order valence-electron chi connectivity index (χ3n) is 5.39. The van der Waals surface area contributed by atoms with Crippen molar-refractivity contribution in [2.24, 2.45) is 5.10 Å². The Bertz CT molecular complexity index is 1510. The molecule has 0 fully saturated rings. The van der Waals surface area contributed by atoms with E-state index in [1.54, 1.807) is 24.7 Å². The second-order valence-electron chi connectivity index (χ2n) is 7.56. The molecule has 34 heavy (non-hydrogen) atoms. The van der Waals surface area contributed by atoms with E-state index in [0.717, 1.165) is 47.6 Å². The highest BCUT2D eigenvalue weighted by Gasteiger charge is 2.19. The van der Waals surface area contributed by atoms with Crippen molar-refractivity contribution in [2.75, 3.05) is 7.11 Å². The number of hydrogen-bond donors (Lipinski definition) is 2. The van der Waals surface area contributed by atoms with Crippen molar-refractivity contribution in [3.8, 4) is 27.3 Å². The Labute approximate surface area is 209 Å². The van der Waals surface area contributed by atoms with Crippen molar-refractivity contribution >= 4 is 50.3 Å². The van der Waals surface area contributed by atoms with E-state index in [4.69, 9.17) is 4.74 Å². The minimum Gasteiger partial charge on any atom is -0.497 e. The van der Waals surface area contributed by atoms with Crippen molar-refractivity contribution in [2.45, 2.75) is 0 Å². The normalized spacial score (nSPS) is 11.2. The third kappa shape index (κ3) is 4.53. The van der Waals surface area contributed by atoms with Gasteiger partial charge in [-0.2, -0.15) is 5.10 Å². The average molecular weight is 530 g/mol. The van der Waals surface area contributed by atoms with Crippen LogP contribution >= 0.6 is 27.3 Å². The highest BCUT2D eigenvalue weighted by atomic mass is 79.9. The number of aromatic nitrogens is 1. The number of carbonyl (C=O) groups excluding carboxylic acids is 1. The summed E-state index contributed by atoms with van der Waals surface area (Å²) in [5.74, 6) is 0.514. The van der Waals surface area contributed by atoms with Crippen LogP contribution in [0.5, 0.6) is 5.75 Å². The van der Waals surface area contributed by atoms with Crippen molar-refractivity contribution in [1.82, 2.24) is 10.4 Å². The second kappa shape index (κ2) is 9.67. The van der Waals surface area contributed by atoms with E-state index in [9.17, 15) is 4.79 Å². The van der Waals surface area contributed by atoms with Gasteiger partial charge in [-0.1, -0.05) is 58.4 Å². The molecule has 0 radical (unpaired) electrons. The minimum atomic E-state index is -0.299. The van der Waals surface area contributed by atoms with Crippen molar-refractivity contribution in [3.63, 3.8) is 0 Å². The van der Waals surface area contributed by atoms with Crippen LogP contribution in [0.15, 0.2) is 94.5 Å². The molecule has 5 rings (SSSR count). The lowest BCUT2D eigenvalue weighted by molar-refractivity contribution is 0.0951. The molecule has 2 aromatic heterocycles. The summed E-state index contributed by atoms with van der Waals surface area (Å²) in [6.45, 7) is 0. The Kier molecular flexibility index (Phi) is 6.29. The summed E-state index contributed by atoms with van der Waals surface area (Å²) in [4.78, 5) is 18.4. The zero-order valence-corrected chi connectivity index (χ0v) is 20.6. The molecule has 2 N–H and O–H groups in total. The summed E-state index contributed by atoms with van der Waals surface area (Å²) < 4.78 is 6.26. The predicted octanol–water partition coefficient (Wildman–Crippen LogP) is 7.10. The Balaban J connectivity index is 1.39. The number of rotatable bonds is 6. The Morgan fingerprint density at radius 2 is 1.82 bits per heavy atom. The smallest absolute Gasteiger partial charge is 0.288 e. The van der Waals surface area contributed by atoms with Gasteiger partial charge < -0.3 is 9.72 Å². The maximum atomic E-state index is 13.1. The van der Waals surface area contributed by atoms with Gasteiger partial charge in [0.2, 0.25) is 0 Å². The number of aromatic amines is 1. The van der Waals surface area contributed by atoms with Gasteiger partial charge in [-0.25, -0.2) is 5.43 Å². The van der Waals surface area contributed by atoms with Gasteiger partial charge in [0.05, 0.1) is 13.3 Å². The number of nitrogens with zero attached hydrogens (tertiary/aromatic N) is 1. The van der Waals surface area contributed by atoms with Crippen LogP contribution in [-0.2, 0) is 0 Å². The van der Waals surface area contributed by atoms with Gasteiger partial charge in [0.15, 0.2) is 0 Å². The molecule has 0 spiro atoms. The fraction of sp³-hybridized carbons (Fsp3) is 0.0370. The largest absolute Gasteiger partial charge is 0.497 e. The molecule has 0 aliphatic carbocycles. The molecular formula is C27H20BrN3O2S. The number of ether oxygens (including phenoxy) is 1. The molecule has 0 atom stereocenters. The monoisotopic (exact) mass is 529 g/mol. The van der Waals surface area contributed by atoms with Crippen LogP contribution in [0.3, 0.4) is 0 Å². The third-order valence-corrected chi connectivity index (χ3v) is 6.95. The number of nitrogens with one attached hydrogen (secondary N) is 2. The molecule has 0 saturated carbocycles. The molecule has 5 nitrogen and oxygen atoms in total. The van der Waals surface area contributed by atoms with Crippen LogP contribution in [0.1, 0.15) is 15.4 Å². The lowest BCUT2D eigenvalue weighted by Gasteiger charge is -2.04. The van der Waals surface area contributed by atoms with Crippen LogP contribution < -0.4 is 10.2 Å². The lowest BCUT2D eigenvalue weighted by atomic mass is 10.0. The number of H-pyrrole nitrogens is 1. The Morgan fingerprint density at radius 1 is 1.00 bits per heavy atom. The molecule has 0 saturated heterocycles. The molecule has 7 heteroatoms. The van der Waals surface area contributed by atoms with Crippen LogP contribution in [0, 0.1) is 0 Å². The number of benzene rings is 3. The van der Waals surface area contributed by atoms with E-state index in [0.29, 0.717) is 5.69 Å². The Hall–Kier alpha value is -3.68. The summed E-state index contributed by atoms with van der Waals surface area (Å²) in [5, 5.41) is 5.18. The van der Waals surface area contributed by atoms with Crippen molar-refractivity contribution in [1.29, 1.82) is 0 Å². The van der Waals surface area contributed by atoms with Crippen LogP contribution in [-0.4, -0.2) is 24.2 Å². The van der Waals surface area contributed by atoms with Gasteiger partial charge in [-0.3, -0.25) is 4.79 Å². The maximum Gasteiger partial charge on any atom is 0.288 e. The minimum absolute atomic E-state index is 0.299. The number of hydrazone groups is 1. The molecule has 168 valence electrons. The van der Waals surface area contributed by atoms with Crippen LogP contribution in [0.4, 0.5) is 0 Å². The molecule has 2 heterocycles. The fourth-order valence-corrected chi connectivity index (χ4v) is 5.04. The molecule has 0 aliphatic rings. The van der Waals surface area contributed by atoms with Crippen molar-refractivity contribution < 1.29 is 9.53 Å². The lowest BCUT2D eigenvalue weighted by Crippen LogP contribution is -2.18. The van der Waals surface area contributed by atoms with E-state index < -0.39 is 0 Å². The molecule has 0 aliphatic heterocycles. The fourth-order valence-electron chi connectivity index (χ4n) is 3.80. The molecule has 0 bridgehead atoms. The zero-order chi connectivity index (χ0) is 23.5. The first-order chi connectivity index (χ1) is 16.6. The second-order valence-corrected chi connectivity index (χ2v) is 9.60. The highest BCUT2D eigenvalue weighted by Crippen LogP contribution is 2.34. The Morgan fingerprint density at radius 3 is 2.65 bits per heavy atom. The van der Waals surface area contributed by atoms with Gasteiger partial charge in [-0.05, 0) is 53.6 Å². The van der Waals surface area contributed by atoms with E-state index in [-0.39, 0.29) is 5.91 Å². The van der Waals surface area contributed by atoms with Gasteiger partial charge in [-0.15, -0.1) is 11.3 Å². The molecular weight excluding hydrogens is 510 g/mol. The van der Waals surface area contributed by atoms with Gasteiger partial charge in [0, 0.05) is 30.7 Å². The molecule has 0 unspecified atom stereocenters. The van der Waals surface area contributed by atoms with Crippen molar-refractivity contribution in [3.05, 3.63) is 100.0 Å². The number of fused-ring (bicyclic) bond motifs is 1. The summed E-state index contributed by atoms with van der Waals surface area (Å²) in [7, 11) is 1.66. The van der Waals surface area contributed by atoms with E-state index in [1.807, 2.05) is 84.9 Å². The van der Waals surface area contributed by atoms with E-state index in [1.165, 1.54) is 0 Å². The molecule has 5 aromatic rings. The summed E-state index contributed by atoms with van der Waals surface area (Å²) >= 11 is 5.13. The standard InChI is InChI=1S/C27H20BrN3O2S/c1-33-20-9-5-8-18(14-20)24-13-11-21(34-24)16-29-31-27(32)26-25(17-6-3-2-4-7-17)22-15-19(28)10-12-23(22)30-26/h2-16,30H,1H3,(H,31,32)/b29-16+. The number of hydrogen-bond acceptors (Lipinski definition) is 4. The quantitative estimate of drug-likeness (QED) is 0.182. The van der Waals surface area contributed by atoms with E-state index in [2.05, 4.69) is 31.4 Å². The summed E-state index contributed by atoms with van der Waals surface area (Å²) in [5.41, 5.74) is 6.92. The van der Waals surface area contributed by atoms with Gasteiger partial charge in [0.25, 0.3) is 5.91 Å². The predicted molar refractivity (Wildman–Crippen MR) is 143 cm³/mol. The van der Waals surface area contributed by atoms with Crippen LogP contribution in [0.25, 0.3) is 32.5 Å². The average Bonchev–Trinajstić information content (AvgIpc) is 3.49. The SMILES string of the molecule is COc1cccc(-c2ccc(/C=N/NC(=O)c3[nH]c4ccc(Br)cc4c3-c3ccccc3)s2)c1. The topological polar surface area (TPSA) is 66.5 Å².